The highest BCUT2D eigenvalue weighted by Crippen LogP contribution is 2.44. The van der Waals surface area contributed by atoms with E-state index in [2.05, 4.69) is 18.8 Å². The predicted octanol–water partition coefficient (Wildman–Crippen LogP) is 4.95. The lowest BCUT2D eigenvalue weighted by Gasteiger charge is -2.20. The maximum Gasteiger partial charge on any atom is 0.243 e. The van der Waals surface area contributed by atoms with Crippen molar-refractivity contribution in [1.82, 2.24) is 9.97 Å². The summed E-state index contributed by atoms with van der Waals surface area (Å²) in [5.41, 5.74) is 1.91. The van der Waals surface area contributed by atoms with Gasteiger partial charge >= 0.3 is 0 Å². The molecule has 6 nitrogen and oxygen atoms in total. The fraction of sp³-hybridized carbons (Fsp3) is 0.500. The fourth-order valence-corrected chi connectivity index (χ4v) is 2.99. The van der Waals surface area contributed by atoms with Crippen molar-refractivity contribution in [3.05, 3.63) is 22.8 Å². The first-order chi connectivity index (χ1) is 13.0. The molecule has 0 saturated heterocycles. The summed E-state index contributed by atoms with van der Waals surface area (Å²) in [5, 5.41) is 0.503. The Balaban J connectivity index is 2.68. The summed E-state index contributed by atoms with van der Waals surface area (Å²) in [6.45, 7) is 6.18. The highest BCUT2D eigenvalue weighted by Gasteiger charge is 2.24. The zero-order chi connectivity index (χ0) is 20.0. The summed E-state index contributed by atoms with van der Waals surface area (Å²) < 4.78 is 22.6. The van der Waals surface area contributed by atoms with Crippen molar-refractivity contribution in [2.24, 2.45) is 0 Å². The molecule has 2 aromatic rings. The molecule has 148 valence electrons. The van der Waals surface area contributed by atoms with Crippen LogP contribution in [-0.2, 0) is 6.42 Å². The Morgan fingerprint density at radius 1 is 0.889 bits per heavy atom. The number of aryl methyl sites for hydroxylation is 1. The van der Waals surface area contributed by atoms with Crippen molar-refractivity contribution in [3.63, 3.8) is 0 Å². The molecule has 0 atom stereocenters. The van der Waals surface area contributed by atoms with E-state index < -0.39 is 0 Å². The molecule has 0 spiro atoms. The second kappa shape index (κ2) is 9.65. The summed E-state index contributed by atoms with van der Waals surface area (Å²) in [7, 11) is 4.69. The van der Waals surface area contributed by atoms with Gasteiger partial charge in [-0.3, -0.25) is 0 Å². The van der Waals surface area contributed by atoms with Crippen molar-refractivity contribution in [1.29, 1.82) is 0 Å². The van der Waals surface area contributed by atoms with Crippen LogP contribution in [0, 0.1) is 0 Å². The summed E-state index contributed by atoms with van der Waals surface area (Å²) in [4.78, 5) is 9.38. The number of halogens is 1. The van der Waals surface area contributed by atoms with Crippen molar-refractivity contribution in [2.75, 3.05) is 21.3 Å². The van der Waals surface area contributed by atoms with Gasteiger partial charge in [-0.25, -0.2) is 4.98 Å². The summed E-state index contributed by atoms with van der Waals surface area (Å²) in [6, 6.07) is 3.42. The molecule has 0 aliphatic heterocycles. The number of nitrogens with zero attached hydrogens (tertiary/aromatic N) is 2. The molecule has 1 heterocycles. The van der Waals surface area contributed by atoms with Crippen molar-refractivity contribution in [3.8, 4) is 34.5 Å². The van der Waals surface area contributed by atoms with Gasteiger partial charge in [0.2, 0.25) is 11.8 Å². The molecule has 0 aliphatic carbocycles. The Hall–Kier alpha value is -2.21. The van der Waals surface area contributed by atoms with Gasteiger partial charge in [-0.2, -0.15) is 4.98 Å². The van der Waals surface area contributed by atoms with Crippen LogP contribution in [0.4, 0.5) is 0 Å². The Bertz CT molecular complexity index is 754. The van der Waals surface area contributed by atoms with E-state index >= 15 is 0 Å². The molecule has 27 heavy (non-hydrogen) atoms. The summed E-state index contributed by atoms with van der Waals surface area (Å²) in [5.74, 6) is 1.90. The molecule has 0 fully saturated rings. The predicted molar refractivity (Wildman–Crippen MR) is 107 cm³/mol. The molecule has 0 unspecified atom stereocenters. The molecular formula is C20H27ClN2O4. The zero-order valence-electron chi connectivity index (χ0n) is 16.8. The first-order valence-electron chi connectivity index (χ1n) is 9.06. The second-order valence-electron chi connectivity index (χ2n) is 5.93. The minimum Gasteiger partial charge on any atom is -0.496 e. The van der Waals surface area contributed by atoms with Crippen LogP contribution in [-0.4, -0.2) is 37.4 Å². The van der Waals surface area contributed by atoms with Crippen LogP contribution in [0.15, 0.2) is 12.1 Å². The molecule has 0 saturated carbocycles. The number of ether oxygens (including phenoxy) is 4. The Kier molecular flexibility index (Phi) is 7.54. The molecule has 2 rings (SSSR count). The SMILES string of the molecule is CCc1nc(-c2c(OC)cc(Cl)cc2OC)c(OC)nc1OC(CC)CC. The van der Waals surface area contributed by atoms with Crippen molar-refractivity contribution < 1.29 is 18.9 Å². The monoisotopic (exact) mass is 394 g/mol. The largest absolute Gasteiger partial charge is 0.496 e. The van der Waals surface area contributed by atoms with E-state index in [0.717, 1.165) is 18.5 Å². The quantitative estimate of drug-likeness (QED) is 0.599. The van der Waals surface area contributed by atoms with Crippen LogP contribution >= 0.6 is 11.6 Å². The summed E-state index contributed by atoms with van der Waals surface area (Å²) >= 11 is 6.17. The van der Waals surface area contributed by atoms with Crippen molar-refractivity contribution >= 4 is 11.6 Å². The lowest BCUT2D eigenvalue weighted by Crippen LogP contribution is -2.17. The number of aromatic nitrogens is 2. The van der Waals surface area contributed by atoms with Gasteiger partial charge in [0.05, 0.1) is 33.0 Å². The third kappa shape index (κ3) is 4.56. The van der Waals surface area contributed by atoms with Crippen LogP contribution in [0.1, 0.15) is 39.3 Å². The van der Waals surface area contributed by atoms with E-state index in [-0.39, 0.29) is 6.10 Å². The third-order valence-corrected chi connectivity index (χ3v) is 4.54. The van der Waals surface area contributed by atoms with Gasteiger partial charge in [-0.1, -0.05) is 32.4 Å². The molecule has 1 aromatic carbocycles. The van der Waals surface area contributed by atoms with Gasteiger partial charge in [0.15, 0.2) is 0 Å². The summed E-state index contributed by atoms with van der Waals surface area (Å²) in [6.07, 6.45) is 2.53. The van der Waals surface area contributed by atoms with E-state index in [1.807, 2.05) is 6.92 Å². The topological polar surface area (TPSA) is 62.7 Å². The number of benzene rings is 1. The van der Waals surface area contributed by atoms with Gasteiger partial charge in [-0.05, 0) is 31.4 Å². The Morgan fingerprint density at radius 3 is 1.93 bits per heavy atom. The molecule has 0 bridgehead atoms. The minimum atomic E-state index is 0.0831. The minimum absolute atomic E-state index is 0.0831. The average Bonchev–Trinajstić information content (AvgIpc) is 2.70. The Morgan fingerprint density at radius 2 is 1.48 bits per heavy atom. The number of rotatable bonds is 9. The lowest BCUT2D eigenvalue weighted by molar-refractivity contribution is 0.180. The molecular weight excluding hydrogens is 368 g/mol. The first-order valence-corrected chi connectivity index (χ1v) is 9.43. The van der Waals surface area contributed by atoms with Crippen LogP contribution in [0.5, 0.6) is 23.3 Å². The molecule has 0 N–H and O–H groups in total. The molecule has 0 amide bonds. The van der Waals surface area contributed by atoms with Gasteiger partial charge < -0.3 is 18.9 Å². The lowest BCUT2D eigenvalue weighted by atomic mass is 10.1. The van der Waals surface area contributed by atoms with Gasteiger partial charge in [-0.15, -0.1) is 0 Å². The third-order valence-electron chi connectivity index (χ3n) is 4.32. The van der Waals surface area contributed by atoms with E-state index in [4.69, 9.17) is 35.5 Å². The highest BCUT2D eigenvalue weighted by molar-refractivity contribution is 6.31. The fourth-order valence-electron chi connectivity index (χ4n) is 2.80. The Labute approximate surface area is 165 Å². The van der Waals surface area contributed by atoms with Gasteiger partial charge in [0, 0.05) is 5.02 Å². The zero-order valence-corrected chi connectivity index (χ0v) is 17.5. The van der Waals surface area contributed by atoms with Crippen LogP contribution in [0.25, 0.3) is 11.3 Å². The number of methoxy groups -OCH3 is 3. The van der Waals surface area contributed by atoms with Crippen molar-refractivity contribution in [2.45, 2.75) is 46.1 Å². The standard InChI is InChI=1S/C20H27ClN2O4/c1-7-13(8-2)27-19-14(9-3)22-18(20(23-19)26-6)17-15(24-4)10-12(21)11-16(17)25-5/h10-11,13H,7-9H2,1-6H3. The highest BCUT2D eigenvalue weighted by atomic mass is 35.5. The number of hydrogen-bond donors (Lipinski definition) is 0. The van der Waals surface area contributed by atoms with E-state index in [0.29, 0.717) is 46.0 Å². The van der Waals surface area contributed by atoms with Gasteiger partial charge in [0.1, 0.15) is 22.9 Å². The van der Waals surface area contributed by atoms with E-state index in [1.165, 1.54) is 0 Å². The smallest absolute Gasteiger partial charge is 0.243 e. The van der Waals surface area contributed by atoms with Crippen LogP contribution in [0.2, 0.25) is 5.02 Å². The van der Waals surface area contributed by atoms with Crippen LogP contribution in [0.3, 0.4) is 0 Å². The van der Waals surface area contributed by atoms with E-state index in [1.54, 1.807) is 33.5 Å². The maximum absolute atomic E-state index is 6.17. The molecule has 1 aromatic heterocycles. The maximum atomic E-state index is 6.17. The normalized spacial score (nSPS) is 10.8. The molecule has 0 aliphatic rings. The van der Waals surface area contributed by atoms with Crippen LogP contribution < -0.4 is 18.9 Å². The first kappa shape index (κ1) is 21.1. The van der Waals surface area contributed by atoms with Gasteiger partial charge in [0.25, 0.3) is 0 Å². The van der Waals surface area contributed by atoms with E-state index in [9.17, 15) is 0 Å². The molecule has 0 radical (unpaired) electrons. The number of hydrogen-bond acceptors (Lipinski definition) is 6. The molecule has 7 heteroatoms. The average molecular weight is 395 g/mol. The second-order valence-corrected chi connectivity index (χ2v) is 6.36.